The van der Waals surface area contributed by atoms with Gasteiger partial charge in [0.1, 0.15) is 17.8 Å². The van der Waals surface area contributed by atoms with Crippen molar-refractivity contribution in [3.05, 3.63) is 23.7 Å². The highest BCUT2D eigenvalue weighted by atomic mass is 16.4. The second kappa shape index (κ2) is 7.21. The first-order valence-electron chi connectivity index (χ1n) is 4.84. The van der Waals surface area contributed by atoms with Crippen LogP contribution in [0, 0.1) is 6.92 Å². The first-order valence-corrected chi connectivity index (χ1v) is 4.84. The maximum Gasteiger partial charge on any atom is 0.414 e. The van der Waals surface area contributed by atoms with Gasteiger partial charge in [-0.2, -0.15) is 0 Å². The van der Waals surface area contributed by atoms with Gasteiger partial charge < -0.3 is 19.4 Å². The average molecular weight is 242 g/mol. The minimum atomic E-state index is -1.82. The number of hydrogen-bond donors (Lipinski definition) is 2. The highest BCUT2D eigenvalue weighted by Gasteiger charge is 2.07. The first kappa shape index (κ1) is 14.9. The molecule has 0 fully saturated rings. The molecule has 0 aromatic carbocycles. The number of aryl methyl sites for hydroxylation is 1. The van der Waals surface area contributed by atoms with E-state index in [9.17, 15) is 4.79 Å². The van der Waals surface area contributed by atoms with Crippen LogP contribution in [0.15, 0.2) is 16.5 Å². The maximum atomic E-state index is 10.2. The molecular formula is C11H14O6. The van der Waals surface area contributed by atoms with Gasteiger partial charge in [0, 0.05) is 12.3 Å². The number of aliphatic carboxylic acids is 2. The molecule has 0 aliphatic carbocycles. The number of furan rings is 1. The van der Waals surface area contributed by atoms with E-state index in [-0.39, 0.29) is 5.92 Å². The van der Waals surface area contributed by atoms with Crippen LogP contribution < -0.4 is 0 Å². The van der Waals surface area contributed by atoms with Crippen molar-refractivity contribution in [2.24, 2.45) is 0 Å². The van der Waals surface area contributed by atoms with Crippen LogP contribution in [0.25, 0.3) is 0 Å². The Hall–Kier alpha value is -2.11. The predicted molar refractivity (Wildman–Crippen MR) is 57.8 cm³/mol. The molecule has 0 spiro atoms. The van der Waals surface area contributed by atoms with Crippen molar-refractivity contribution in [3.63, 3.8) is 0 Å². The van der Waals surface area contributed by atoms with Gasteiger partial charge in [0.2, 0.25) is 0 Å². The number of rotatable bonds is 3. The van der Waals surface area contributed by atoms with Gasteiger partial charge in [0.25, 0.3) is 0 Å². The Bertz CT molecular complexity index is 380. The number of aldehydes is 1. The van der Waals surface area contributed by atoms with Gasteiger partial charge in [0.15, 0.2) is 0 Å². The van der Waals surface area contributed by atoms with Gasteiger partial charge in [0.05, 0.1) is 0 Å². The Kier molecular flexibility index (Phi) is 6.32. The van der Waals surface area contributed by atoms with Gasteiger partial charge in [-0.1, -0.05) is 6.92 Å². The smallest absolute Gasteiger partial charge is 0.414 e. The minimum absolute atomic E-state index is 0.209. The number of carbonyl (C=O) groups excluding carboxylic acids is 1. The molecule has 1 atom stereocenters. The van der Waals surface area contributed by atoms with Crippen LogP contribution in [0.2, 0.25) is 0 Å². The van der Waals surface area contributed by atoms with Gasteiger partial charge in [-0.25, -0.2) is 9.59 Å². The Morgan fingerprint density at radius 2 is 1.88 bits per heavy atom. The normalized spacial score (nSPS) is 10.9. The molecular weight excluding hydrogens is 228 g/mol. The number of hydrogen-bond acceptors (Lipinski definition) is 4. The quantitative estimate of drug-likeness (QED) is 0.613. The summed E-state index contributed by atoms with van der Waals surface area (Å²) in [5.41, 5.74) is 0. The number of carboxylic acids is 2. The zero-order valence-corrected chi connectivity index (χ0v) is 9.54. The van der Waals surface area contributed by atoms with Crippen molar-refractivity contribution in [2.45, 2.75) is 26.2 Å². The molecule has 1 aromatic heterocycles. The fourth-order valence-electron chi connectivity index (χ4n) is 0.979. The second-order valence-corrected chi connectivity index (χ2v) is 3.36. The van der Waals surface area contributed by atoms with E-state index >= 15 is 0 Å². The molecule has 6 heteroatoms. The molecule has 0 amide bonds. The Morgan fingerprint density at radius 3 is 2.18 bits per heavy atom. The van der Waals surface area contributed by atoms with E-state index < -0.39 is 11.9 Å². The van der Waals surface area contributed by atoms with Crippen LogP contribution in [0.5, 0.6) is 0 Å². The van der Waals surface area contributed by atoms with Crippen LogP contribution in [0.4, 0.5) is 0 Å². The second-order valence-electron chi connectivity index (χ2n) is 3.36. The molecule has 0 bridgehead atoms. The standard InChI is InChI=1S/C9H12O2.C2H2O4/c1-7(5-6-10)9-4-3-8(2)11-9;3-1(4)2(5)6/h3-4,6-7H,5H2,1-2H3;(H,3,4)(H,5,6). The van der Waals surface area contributed by atoms with E-state index in [4.69, 9.17) is 24.2 Å². The molecule has 2 N–H and O–H groups in total. The van der Waals surface area contributed by atoms with Crippen molar-refractivity contribution in [3.8, 4) is 0 Å². The summed E-state index contributed by atoms with van der Waals surface area (Å²) in [5.74, 6) is -1.64. The lowest BCUT2D eigenvalue weighted by Crippen LogP contribution is -2.09. The van der Waals surface area contributed by atoms with Crippen LogP contribution in [-0.2, 0) is 14.4 Å². The number of carboxylic acid groups (broad SMARTS) is 2. The highest BCUT2D eigenvalue weighted by molar-refractivity contribution is 6.27. The molecule has 94 valence electrons. The maximum absolute atomic E-state index is 10.2. The highest BCUT2D eigenvalue weighted by Crippen LogP contribution is 2.19. The van der Waals surface area contributed by atoms with Crippen molar-refractivity contribution in [1.82, 2.24) is 0 Å². The number of carbonyl (C=O) groups is 3. The van der Waals surface area contributed by atoms with Gasteiger partial charge >= 0.3 is 11.9 Å². The minimum Gasteiger partial charge on any atom is -0.473 e. The van der Waals surface area contributed by atoms with Gasteiger partial charge in [-0.05, 0) is 19.1 Å². The Morgan fingerprint density at radius 1 is 1.35 bits per heavy atom. The molecule has 0 saturated heterocycles. The van der Waals surface area contributed by atoms with E-state index in [1.165, 1.54) is 0 Å². The van der Waals surface area contributed by atoms with E-state index in [2.05, 4.69) is 0 Å². The van der Waals surface area contributed by atoms with Crippen molar-refractivity contribution < 1.29 is 29.0 Å². The summed E-state index contributed by atoms with van der Waals surface area (Å²) in [6.07, 6.45) is 1.45. The third-order valence-electron chi connectivity index (χ3n) is 1.88. The first-order chi connectivity index (χ1) is 7.88. The third-order valence-corrected chi connectivity index (χ3v) is 1.88. The van der Waals surface area contributed by atoms with E-state index in [1.54, 1.807) is 0 Å². The lowest BCUT2D eigenvalue weighted by molar-refractivity contribution is -0.159. The van der Waals surface area contributed by atoms with Crippen molar-refractivity contribution >= 4 is 18.2 Å². The lowest BCUT2D eigenvalue weighted by atomic mass is 10.1. The largest absolute Gasteiger partial charge is 0.473 e. The van der Waals surface area contributed by atoms with Gasteiger partial charge in [-0.3, -0.25) is 0 Å². The molecule has 1 heterocycles. The third kappa shape index (κ3) is 6.14. The summed E-state index contributed by atoms with van der Waals surface area (Å²) in [5, 5.41) is 14.8. The lowest BCUT2D eigenvalue weighted by Gasteiger charge is -2.01. The van der Waals surface area contributed by atoms with E-state index in [0.29, 0.717) is 6.42 Å². The molecule has 6 nitrogen and oxygen atoms in total. The summed E-state index contributed by atoms with van der Waals surface area (Å²) in [4.78, 5) is 28.4. The monoisotopic (exact) mass is 242 g/mol. The van der Waals surface area contributed by atoms with E-state index in [0.717, 1.165) is 17.8 Å². The summed E-state index contributed by atoms with van der Waals surface area (Å²) in [7, 11) is 0. The fraction of sp³-hybridized carbons (Fsp3) is 0.364. The molecule has 0 aliphatic heterocycles. The molecule has 17 heavy (non-hydrogen) atoms. The summed E-state index contributed by atoms with van der Waals surface area (Å²) in [6.45, 7) is 3.88. The predicted octanol–water partition coefficient (Wildman–Crippen LogP) is 1.44. The van der Waals surface area contributed by atoms with Crippen LogP contribution >= 0.6 is 0 Å². The molecule has 1 rings (SSSR count). The summed E-state index contributed by atoms with van der Waals surface area (Å²) in [6, 6.07) is 3.83. The average Bonchev–Trinajstić information content (AvgIpc) is 2.66. The fourth-order valence-corrected chi connectivity index (χ4v) is 0.979. The molecule has 0 aliphatic rings. The molecule has 1 aromatic rings. The molecule has 1 unspecified atom stereocenters. The molecule has 0 radical (unpaired) electrons. The van der Waals surface area contributed by atoms with Crippen LogP contribution in [-0.4, -0.2) is 28.4 Å². The Balaban J connectivity index is 0.000000366. The van der Waals surface area contributed by atoms with Gasteiger partial charge in [-0.15, -0.1) is 0 Å². The SMILES string of the molecule is Cc1ccc(C(C)CC=O)o1.O=C(O)C(=O)O. The van der Waals surface area contributed by atoms with E-state index in [1.807, 2.05) is 26.0 Å². The Labute approximate surface area is 97.9 Å². The van der Waals surface area contributed by atoms with Crippen molar-refractivity contribution in [1.29, 1.82) is 0 Å². The topological polar surface area (TPSA) is 105 Å². The van der Waals surface area contributed by atoms with Crippen molar-refractivity contribution in [2.75, 3.05) is 0 Å². The van der Waals surface area contributed by atoms with Crippen LogP contribution in [0.3, 0.4) is 0 Å². The molecule has 0 saturated carbocycles. The summed E-state index contributed by atoms with van der Waals surface area (Å²) >= 11 is 0. The zero-order chi connectivity index (χ0) is 13.4. The van der Waals surface area contributed by atoms with Crippen LogP contribution in [0.1, 0.15) is 30.8 Å². The zero-order valence-electron chi connectivity index (χ0n) is 9.54. The summed E-state index contributed by atoms with van der Waals surface area (Å²) < 4.78 is 5.34.